The Kier molecular flexibility index (Phi) is 3.97. The minimum Gasteiger partial charge on any atom is -0.345 e. The van der Waals surface area contributed by atoms with E-state index in [2.05, 4.69) is 15.4 Å². The second-order valence-electron chi connectivity index (χ2n) is 6.65. The summed E-state index contributed by atoms with van der Waals surface area (Å²) in [7, 11) is 0. The molecule has 0 radical (unpaired) electrons. The Morgan fingerprint density at radius 3 is 2.96 bits per heavy atom. The molecule has 3 aromatic heterocycles. The number of nitrogens with one attached hydrogen (secondary N) is 1. The normalized spacial score (nSPS) is 13.2. The van der Waals surface area contributed by atoms with E-state index in [1.165, 1.54) is 17.4 Å². The Hall–Kier alpha value is -3.07. The summed E-state index contributed by atoms with van der Waals surface area (Å²) in [5.41, 5.74) is 3.24. The first kappa shape index (κ1) is 17.1. The molecule has 1 amide bonds. The smallest absolute Gasteiger partial charge is 0.272 e. The molecule has 0 atom stereocenters. The zero-order valence-corrected chi connectivity index (χ0v) is 15.5. The van der Waals surface area contributed by atoms with Crippen LogP contribution in [0.5, 0.6) is 0 Å². The number of carbonyl (C=O) groups excluding carboxylic acids is 1. The summed E-state index contributed by atoms with van der Waals surface area (Å²) in [6, 6.07) is 3.63. The molecule has 9 heteroatoms. The molecule has 0 unspecified atom stereocenters. The fourth-order valence-corrected chi connectivity index (χ4v) is 4.28. The molecule has 0 saturated carbocycles. The lowest BCUT2D eigenvalue weighted by Crippen LogP contribution is -2.24. The summed E-state index contributed by atoms with van der Waals surface area (Å²) in [6.07, 6.45) is 6.16. The minimum absolute atomic E-state index is 0.292. The van der Waals surface area contributed by atoms with Gasteiger partial charge in [-0.15, -0.1) is 11.3 Å². The number of rotatable bonds is 4. The van der Waals surface area contributed by atoms with Gasteiger partial charge in [-0.1, -0.05) is 0 Å². The van der Waals surface area contributed by atoms with Gasteiger partial charge in [0, 0.05) is 35.1 Å². The zero-order valence-electron chi connectivity index (χ0n) is 14.7. The number of halogens is 2. The van der Waals surface area contributed by atoms with Crippen LogP contribution in [0, 0.1) is 11.6 Å². The molecule has 1 aliphatic rings. The zero-order chi connectivity index (χ0) is 19.3. The number of amides is 1. The Morgan fingerprint density at radius 2 is 2.14 bits per heavy atom. The monoisotopic (exact) mass is 399 g/mol. The highest BCUT2D eigenvalue weighted by atomic mass is 32.1. The van der Waals surface area contributed by atoms with Gasteiger partial charge in [0.05, 0.1) is 17.9 Å². The van der Waals surface area contributed by atoms with Crippen LogP contribution in [-0.4, -0.2) is 25.1 Å². The first-order chi connectivity index (χ1) is 13.6. The van der Waals surface area contributed by atoms with Crippen LogP contribution in [0.2, 0.25) is 0 Å². The maximum Gasteiger partial charge on any atom is 0.272 e. The number of benzene rings is 1. The molecule has 0 aliphatic heterocycles. The van der Waals surface area contributed by atoms with Crippen LogP contribution < -0.4 is 5.32 Å². The SMILES string of the molecule is O=C(NCc1cn2ccsc2n1)c1nn(-c2ccc(F)c(F)c2)c2c1CCC2. The van der Waals surface area contributed by atoms with Gasteiger partial charge in [-0.05, 0) is 31.4 Å². The van der Waals surface area contributed by atoms with E-state index in [4.69, 9.17) is 0 Å². The molecule has 3 heterocycles. The minimum atomic E-state index is -0.939. The van der Waals surface area contributed by atoms with E-state index >= 15 is 0 Å². The van der Waals surface area contributed by atoms with E-state index in [0.29, 0.717) is 17.9 Å². The van der Waals surface area contributed by atoms with Gasteiger partial charge in [0.25, 0.3) is 5.91 Å². The summed E-state index contributed by atoms with van der Waals surface area (Å²) in [6.45, 7) is 0.292. The number of thiazole rings is 1. The van der Waals surface area contributed by atoms with Gasteiger partial charge in [0.2, 0.25) is 0 Å². The molecule has 1 aliphatic carbocycles. The van der Waals surface area contributed by atoms with Gasteiger partial charge in [-0.2, -0.15) is 5.10 Å². The molecule has 28 heavy (non-hydrogen) atoms. The summed E-state index contributed by atoms with van der Waals surface area (Å²) < 4.78 is 30.4. The maximum atomic E-state index is 13.6. The number of fused-ring (bicyclic) bond motifs is 2. The van der Waals surface area contributed by atoms with Crippen LogP contribution in [0.15, 0.2) is 36.0 Å². The van der Waals surface area contributed by atoms with E-state index in [1.807, 2.05) is 22.2 Å². The molecule has 0 saturated heterocycles. The number of aromatic nitrogens is 4. The molecular formula is C19H15F2N5OS. The van der Waals surface area contributed by atoms with Crippen LogP contribution in [0.3, 0.4) is 0 Å². The van der Waals surface area contributed by atoms with Gasteiger partial charge in [0.15, 0.2) is 22.3 Å². The lowest BCUT2D eigenvalue weighted by molar-refractivity contribution is 0.0944. The van der Waals surface area contributed by atoms with Crippen LogP contribution >= 0.6 is 11.3 Å². The average Bonchev–Trinajstić information content (AvgIpc) is 3.42. The molecule has 1 N–H and O–H groups in total. The highest BCUT2D eigenvalue weighted by Crippen LogP contribution is 2.28. The van der Waals surface area contributed by atoms with Crippen LogP contribution in [0.4, 0.5) is 8.78 Å². The van der Waals surface area contributed by atoms with Crippen molar-refractivity contribution in [1.29, 1.82) is 0 Å². The van der Waals surface area contributed by atoms with E-state index in [-0.39, 0.29) is 5.91 Å². The third-order valence-electron chi connectivity index (χ3n) is 4.87. The third-order valence-corrected chi connectivity index (χ3v) is 5.64. The molecule has 0 fully saturated rings. The number of hydrogen-bond donors (Lipinski definition) is 1. The molecule has 5 rings (SSSR count). The Morgan fingerprint density at radius 1 is 1.25 bits per heavy atom. The summed E-state index contributed by atoms with van der Waals surface area (Å²) >= 11 is 1.52. The van der Waals surface area contributed by atoms with Crippen molar-refractivity contribution in [1.82, 2.24) is 24.5 Å². The first-order valence-electron chi connectivity index (χ1n) is 8.85. The van der Waals surface area contributed by atoms with Gasteiger partial charge in [-0.25, -0.2) is 18.4 Å². The molecule has 4 aromatic rings. The Bertz CT molecular complexity index is 1180. The molecule has 0 spiro atoms. The van der Waals surface area contributed by atoms with Crippen molar-refractivity contribution in [2.45, 2.75) is 25.8 Å². The van der Waals surface area contributed by atoms with Crippen LogP contribution in [-0.2, 0) is 19.4 Å². The number of carbonyl (C=O) groups is 1. The highest BCUT2D eigenvalue weighted by Gasteiger charge is 2.27. The number of imidazole rings is 1. The van der Waals surface area contributed by atoms with Crippen LogP contribution in [0.25, 0.3) is 10.6 Å². The number of hydrogen-bond acceptors (Lipinski definition) is 4. The largest absolute Gasteiger partial charge is 0.345 e. The number of nitrogens with zero attached hydrogens (tertiary/aromatic N) is 4. The predicted molar refractivity (Wildman–Crippen MR) is 99.7 cm³/mol. The van der Waals surface area contributed by atoms with Crippen molar-refractivity contribution in [3.63, 3.8) is 0 Å². The highest BCUT2D eigenvalue weighted by molar-refractivity contribution is 7.15. The van der Waals surface area contributed by atoms with E-state index in [9.17, 15) is 13.6 Å². The summed E-state index contributed by atoms with van der Waals surface area (Å²) in [5, 5.41) is 9.21. The Balaban J connectivity index is 1.42. The Labute approximate surface area is 162 Å². The standard InChI is InChI=1S/C19H15F2N5OS/c20-14-5-4-12(8-15(14)21)26-16-3-1-2-13(16)17(24-26)18(27)22-9-11-10-25-6-7-28-19(25)23-11/h4-8,10H,1-3,9H2,(H,22,27). The summed E-state index contributed by atoms with van der Waals surface area (Å²) in [4.78, 5) is 18.1. The maximum absolute atomic E-state index is 13.6. The second-order valence-corrected chi connectivity index (χ2v) is 7.52. The molecule has 142 valence electrons. The van der Waals surface area contributed by atoms with Gasteiger partial charge < -0.3 is 5.32 Å². The van der Waals surface area contributed by atoms with Gasteiger partial charge in [0.1, 0.15) is 0 Å². The van der Waals surface area contributed by atoms with Crippen molar-refractivity contribution >= 4 is 22.2 Å². The van der Waals surface area contributed by atoms with Crippen molar-refractivity contribution in [3.05, 3.63) is 70.3 Å². The van der Waals surface area contributed by atoms with Crippen molar-refractivity contribution < 1.29 is 13.6 Å². The average molecular weight is 399 g/mol. The fraction of sp³-hybridized carbons (Fsp3) is 0.211. The van der Waals surface area contributed by atoms with Gasteiger partial charge >= 0.3 is 0 Å². The molecule has 1 aromatic carbocycles. The molecule has 0 bridgehead atoms. The third kappa shape index (κ3) is 2.78. The topological polar surface area (TPSA) is 64.2 Å². The summed E-state index contributed by atoms with van der Waals surface area (Å²) in [5.74, 6) is -2.15. The lowest BCUT2D eigenvalue weighted by Gasteiger charge is -2.06. The van der Waals surface area contributed by atoms with Crippen molar-refractivity contribution in [2.75, 3.05) is 0 Å². The van der Waals surface area contributed by atoms with Crippen LogP contribution in [0.1, 0.15) is 33.9 Å². The van der Waals surface area contributed by atoms with Crippen molar-refractivity contribution in [3.8, 4) is 5.69 Å². The first-order valence-corrected chi connectivity index (χ1v) is 9.73. The molecule has 6 nitrogen and oxygen atoms in total. The van der Waals surface area contributed by atoms with Crippen molar-refractivity contribution in [2.24, 2.45) is 0 Å². The predicted octanol–water partition coefficient (Wildman–Crippen LogP) is 3.28. The van der Waals surface area contributed by atoms with E-state index in [0.717, 1.165) is 53.3 Å². The van der Waals surface area contributed by atoms with E-state index in [1.54, 1.807) is 4.68 Å². The quantitative estimate of drug-likeness (QED) is 0.573. The lowest BCUT2D eigenvalue weighted by atomic mass is 10.2. The van der Waals surface area contributed by atoms with Gasteiger partial charge in [-0.3, -0.25) is 9.20 Å². The molecular weight excluding hydrogens is 384 g/mol. The second kappa shape index (κ2) is 6.52. The fourth-order valence-electron chi connectivity index (χ4n) is 3.57. The van der Waals surface area contributed by atoms with E-state index < -0.39 is 11.6 Å².